The molecule has 2 N–H and O–H groups in total. The van der Waals surface area contributed by atoms with E-state index in [0.29, 0.717) is 15.9 Å². The SMILES string of the molecule is CCC[C@H](C)C(N)C(C)I. The number of hydrogen-bond donors (Lipinski definition) is 1. The van der Waals surface area contributed by atoms with Crippen molar-refractivity contribution < 1.29 is 0 Å². The second-order valence-corrected chi connectivity index (χ2v) is 4.99. The minimum atomic E-state index is 0.376. The molecule has 2 unspecified atom stereocenters. The Hall–Kier alpha value is 0.690. The van der Waals surface area contributed by atoms with Gasteiger partial charge in [-0.25, -0.2) is 0 Å². The van der Waals surface area contributed by atoms with Crippen molar-refractivity contribution in [2.45, 2.75) is 43.6 Å². The summed E-state index contributed by atoms with van der Waals surface area (Å²) in [4.78, 5) is 0. The Bertz CT molecular complexity index is 83.3. The van der Waals surface area contributed by atoms with E-state index < -0.39 is 0 Å². The van der Waals surface area contributed by atoms with Gasteiger partial charge in [-0.1, -0.05) is 49.8 Å². The lowest BCUT2D eigenvalue weighted by molar-refractivity contribution is 0.425. The van der Waals surface area contributed by atoms with Crippen molar-refractivity contribution in [3.63, 3.8) is 0 Å². The Labute approximate surface area is 77.9 Å². The number of nitrogens with two attached hydrogens (primary N) is 1. The summed E-state index contributed by atoms with van der Waals surface area (Å²) < 4.78 is 0.596. The van der Waals surface area contributed by atoms with E-state index in [1.807, 2.05) is 0 Å². The third-order valence-electron chi connectivity index (χ3n) is 1.93. The van der Waals surface area contributed by atoms with E-state index >= 15 is 0 Å². The maximum absolute atomic E-state index is 5.94. The second-order valence-electron chi connectivity index (χ2n) is 3.02. The highest BCUT2D eigenvalue weighted by atomic mass is 127. The van der Waals surface area contributed by atoms with Crippen molar-refractivity contribution >= 4 is 22.6 Å². The Morgan fingerprint density at radius 3 is 2.20 bits per heavy atom. The lowest BCUT2D eigenvalue weighted by Gasteiger charge is -2.21. The Morgan fingerprint density at radius 2 is 1.90 bits per heavy atom. The molecule has 0 spiro atoms. The fourth-order valence-corrected chi connectivity index (χ4v) is 1.81. The van der Waals surface area contributed by atoms with Crippen molar-refractivity contribution in [2.24, 2.45) is 11.7 Å². The Kier molecular flexibility index (Phi) is 5.72. The van der Waals surface area contributed by atoms with Crippen molar-refractivity contribution in [1.29, 1.82) is 0 Å². The fraction of sp³-hybridized carbons (Fsp3) is 1.00. The highest BCUT2D eigenvalue weighted by molar-refractivity contribution is 14.1. The van der Waals surface area contributed by atoms with E-state index in [4.69, 9.17) is 5.73 Å². The molecule has 10 heavy (non-hydrogen) atoms. The van der Waals surface area contributed by atoms with E-state index in [1.165, 1.54) is 12.8 Å². The third kappa shape index (κ3) is 3.76. The van der Waals surface area contributed by atoms with Crippen LogP contribution in [0.5, 0.6) is 0 Å². The molecule has 0 radical (unpaired) electrons. The lowest BCUT2D eigenvalue weighted by Crippen LogP contribution is -2.35. The van der Waals surface area contributed by atoms with E-state index in [2.05, 4.69) is 43.4 Å². The summed E-state index contributed by atoms with van der Waals surface area (Å²) in [5.41, 5.74) is 5.94. The summed E-state index contributed by atoms with van der Waals surface area (Å²) in [6.07, 6.45) is 2.51. The van der Waals surface area contributed by atoms with Gasteiger partial charge < -0.3 is 5.73 Å². The molecule has 1 nitrogen and oxygen atoms in total. The first-order chi connectivity index (χ1) is 4.59. The summed E-state index contributed by atoms with van der Waals surface area (Å²) in [5, 5.41) is 0. The van der Waals surface area contributed by atoms with Gasteiger partial charge in [-0.2, -0.15) is 0 Å². The van der Waals surface area contributed by atoms with Crippen molar-refractivity contribution in [3.05, 3.63) is 0 Å². The van der Waals surface area contributed by atoms with Gasteiger partial charge in [-0.15, -0.1) is 0 Å². The molecular weight excluding hydrogens is 237 g/mol. The normalized spacial score (nSPS) is 20.1. The predicted octanol–water partition coefficient (Wildman–Crippen LogP) is 2.57. The van der Waals surface area contributed by atoms with Gasteiger partial charge in [0, 0.05) is 9.97 Å². The predicted molar refractivity (Wildman–Crippen MR) is 55.5 cm³/mol. The topological polar surface area (TPSA) is 26.0 Å². The van der Waals surface area contributed by atoms with Gasteiger partial charge >= 0.3 is 0 Å². The van der Waals surface area contributed by atoms with Crippen LogP contribution in [0.2, 0.25) is 0 Å². The minimum Gasteiger partial charge on any atom is -0.327 e. The van der Waals surface area contributed by atoms with Gasteiger partial charge in [0.25, 0.3) is 0 Å². The molecule has 0 saturated carbocycles. The summed E-state index contributed by atoms with van der Waals surface area (Å²) in [5.74, 6) is 0.678. The van der Waals surface area contributed by atoms with Crippen LogP contribution >= 0.6 is 22.6 Å². The monoisotopic (exact) mass is 255 g/mol. The number of alkyl halides is 1. The van der Waals surface area contributed by atoms with Crippen LogP contribution in [0.15, 0.2) is 0 Å². The molecule has 0 aliphatic rings. The molecule has 0 aromatic carbocycles. The number of rotatable bonds is 4. The van der Waals surface area contributed by atoms with Crippen LogP contribution in [0.25, 0.3) is 0 Å². The van der Waals surface area contributed by atoms with E-state index in [0.717, 1.165) is 0 Å². The van der Waals surface area contributed by atoms with E-state index in [-0.39, 0.29) is 0 Å². The minimum absolute atomic E-state index is 0.376. The van der Waals surface area contributed by atoms with Gasteiger partial charge in [0.15, 0.2) is 0 Å². The third-order valence-corrected chi connectivity index (χ3v) is 2.76. The van der Waals surface area contributed by atoms with Crippen molar-refractivity contribution in [1.82, 2.24) is 0 Å². The largest absolute Gasteiger partial charge is 0.327 e. The molecule has 0 bridgehead atoms. The molecule has 0 aliphatic heterocycles. The zero-order valence-corrected chi connectivity index (χ0v) is 9.26. The molecule has 0 rings (SSSR count). The molecule has 0 aromatic rings. The Balaban J connectivity index is 3.58. The maximum Gasteiger partial charge on any atom is 0.0235 e. The van der Waals surface area contributed by atoms with Gasteiger partial charge in [0.05, 0.1) is 0 Å². The fourth-order valence-electron chi connectivity index (χ4n) is 1.10. The molecule has 0 fully saturated rings. The number of halogens is 1. The summed E-state index contributed by atoms with van der Waals surface area (Å²) in [7, 11) is 0. The average Bonchev–Trinajstić information content (AvgIpc) is 1.87. The van der Waals surface area contributed by atoms with Crippen LogP contribution in [0.3, 0.4) is 0 Å². The quantitative estimate of drug-likeness (QED) is 0.606. The molecule has 0 aromatic heterocycles. The van der Waals surface area contributed by atoms with Gasteiger partial charge in [-0.3, -0.25) is 0 Å². The Morgan fingerprint density at radius 1 is 1.40 bits per heavy atom. The summed E-state index contributed by atoms with van der Waals surface area (Å²) in [6, 6.07) is 0.376. The molecule has 0 heterocycles. The number of hydrogen-bond acceptors (Lipinski definition) is 1. The van der Waals surface area contributed by atoms with E-state index in [1.54, 1.807) is 0 Å². The van der Waals surface area contributed by atoms with Crippen LogP contribution in [0.4, 0.5) is 0 Å². The zero-order valence-electron chi connectivity index (χ0n) is 7.10. The average molecular weight is 255 g/mol. The van der Waals surface area contributed by atoms with Gasteiger partial charge in [0.2, 0.25) is 0 Å². The lowest BCUT2D eigenvalue weighted by atomic mass is 9.96. The molecular formula is C8H18IN. The van der Waals surface area contributed by atoms with E-state index in [9.17, 15) is 0 Å². The van der Waals surface area contributed by atoms with Crippen LogP contribution in [-0.4, -0.2) is 9.97 Å². The van der Waals surface area contributed by atoms with Gasteiger partial charge in [-0.05, 0) is 12.3 Å². The summed E-state index contributed by atoms with van der Waals surface area (Å²) in [6.45, 7) is 6.63. The maximum atomic E-state index is 5.94. The standard InChI is InChI=1S/C8H18IN/c1-4-5-6(2)8(10)7(3)9/h6-8H,4-5,10H2,1-3H3/t6-,7?,8?/m0/s1. The second kappa shape index (κ2) is 5.35. The smallest absolute Gasteiger partial charge is 0.0235 e. The molecule has 0 amide bonds. The zero-order chi connectivity index (χ0) is 8.15. The van der Waals surface area contributed by atoms with Crippen LogP contribution in [0.1, 0.15) is 33.6 Å². The van der Waals surface area contributed by atoms with Crippen LogP contribution in [0, 0.1) is 5.92 Å². The van der Waals surface area contributed by atoms with Crippen molar-refractivity contribution in [2.75, 3.05) is 0 Å². The van der Waals surface area contributed by atoms with Crippen LogP contribution < -0.4 is 5.73 Å². The molecule has 2 heteroatoms. The van der Waals surface area contributed by atoms with Crippen molar-refractivity contribution in [3.8, 4) is 0 Å². The first kappa shape index (κ1) is 10.7. The van der Waals surface area contributed by atoms with Crippen LogP contribution in [-0.2, 0) is 0 Å². The highest BCUT2D eigenvalue weighted by Gasteiger charge is 2.15. The first-order valence-electron chi connectivity index (χ1n) is 3.99. The molecule has 3 atom stereocenters. The first-order valence-corrected chi connectivity index (χ1v) is 5.23. The molecule has 0 aliphatic carbocycles. The highest BCUT2D eigenvalue weighted by Crippen LogP contribution is 2.16. The molecule has 62 valence electrons. The van der Waals surface area contributed by atoms with Gasteiger partial charge in [0.1, 0.15) is 0 Å². The summed E-state index contributed by atoms with van der Waals surface area (Å²) >= 11 is 2.40. The molecule has 0 saturated heterocycles.